The largest absolute Gasteiger partial charge is 0.461 e. The number of imidazole rings is 1. The number of carbonyl (C=O) groups excluding carboxylic acids is 1. The molecular formula is C10H9BrClN3O2. The van der Waals surface area contributed by atoms with Gasteiger partial charge in [-0.15, -0.1) is 0 Å². The zero-order chi connectivity index (χ0) is 12.6. The van der Waals surface area contributed by atoms with Crippen LogP contribution >= 0.6 is 27.5 Å². The van der Waals surface area contributed by atoms with Gasteiger partial charge in [0.15, 0.2) is 16.5 Å². The highest BCUT2D eigenvalue weighted by Gasteiger charge is 2.18. The summed E-state index contributed by atoms with van der Waals surface area (Å²) in [6.07, 6.45) is 1.42. The van der Waals surface area contributed by atoms with Gasteiger partial charge in [-0.05, 0) is 29.8 Å². The minimum absolute atomic E-state index is 0.254. The van der Waals surface area contributed by atoms with Crippen molar-refractivity contribution in [3.63, 3.8) is 0 Å². The van der Waals surface area contributed by atoms with Gasteiger partial charge < -0.3 is 4.74 Å². The number of ether oxygens (including phenoxy) is 1. The lowest BCUT2D eigenvalue weighted by atomic mass is 10.3. The molecule has 0 N–H and O–H groups in total. The average molecular weight is 319 g/mol. The summed E-state index contributed by atoms with van der Waals surface area (Å²) in [6.45, 7) is 3.85. The molecule has 90 valence electrons. The van der Waals surface area contributed by atoms with Crippen LogP contribution in [-0.2, 0) is 4.74 Å². The molecule has 0 saturated carbocycles. The maximum Gasteiger partial charge on any atom is 0.358 e. The maximum atomic E-state index is 11.6. The van der Waals surface area contributed by atoms with E-state index in [2.05, 4.69) is 26.0 Å². The second kappa shape index (κ2) is 4.62. The molecule has 5 nitrogen and oxygen atoms in total. The second-order valence-corrected chi connectivity index (χ2v) is 4.48. The van der Waals surface area contributed by atoms with Gasteiger partial charge in [-0.2, -0.15) is 5.10 Å². The molecule has 0 radical (unpaired) electrons. The van der Waals surface area contributed by atoms with Crippen molar-refractivity contribution in [2.24, 2.45) is 0 Å². The van der Waals surface area contributed by atoms with E-state index in [9.17, 15) is 4.79 Å². The lowest BCUT2D eigenvalue weighted by Gasteiger charge is -2.04. The Kier molecular flexibility index (Phi) is 3.35. The minimum atomic E-state index is -0.473. The highest BCUT2D eigenvalue weighted by Crippen LogP contribution is 2.26. The highest BCUT2D eigenvalue weighted by molar-refractivity contribution is 9.10. The molecule has 0 unspecified atom stereocenters. The zero-order valence-electron chi connectivity index (χ0n) is 9.20. The van der Waals surface area contributed by atoms with Crippen LogP contribution in [0.4, 0.5) is 0 Å². The summed E-state index contributed by atoms with van der Waals surface area (Å²) in [6, 6.07) is 0. The number of hydrogen-bond donors (Lipinski definition) is 0. The molecule has 0 aliphatic heterocycles. The van der Waals surface area contributed by atoms with E-state index in [1.807, 2.05) is 6.92 Å². The first kappa shape index (κ1) is 12.3. The van der Waals surface area contributed by atoms with Crippen molar-refractivity contribution in [1.29, 1.82) is 0 Å². The van der Waals surface area contributed by atoms with Crippen LogP contribution in [0.3, 0.4) is 0 Å². The third kappa shape index (κ3) is 2.02. The van der Waals surface area contributed by atoms with E-state index in [0.29, 0.717) is 21.9 Å². The standard InChI is InChI=1S/C10H9BrClN3O2/c1-3-17-10(16)6-4-13-9-7(11)5(2)8(12)14-15(6)9/h4H,3H2,1-2H3. The Morgan fingerprint density at radius 1 is 1.65 bits per heavy atom. The quantitative estimate of drug-likeness (QED) is 0.799. The van der Waals surface area contributed by atoms with Crippen LogP contribution in [0.1, 0.15) is 23.0 Å². The van der Waals surface area contributed by atoms with Crippen molar-refractivity contribution >= 4 is 39.1 Å². The molecule has 2 aromatic rings. The van der Waals surface area contributed by atoms with Crippen LogP contribution in [0.2, 0.25) is 5.15 Å². The number of fused-ring (bicyclic) bond motifs is 1. The molecule has 7 heteroatoms. The number of carbonyl (C=O) groups is 1. The summed E-state index contributed by atoms with van der Waals surface area (Å²) < 4.78 is 6.99. The van der Waals surface area contributed by atoms with Gasteiger partial charge in [0.1, 0.15) is 0 Å². The predicted octanol–water partition coefficient (Wildman–Crippen LogP) is 2.63. The Bertz CT molecular complexity index is 597. The Balaban J connectivity index is 2.65. The fourth-order valence-electron chi connectivity index (χ4n) is 1.36. The van der Waals surface area contributed by atoms with E-state index < -0.39 is 5.97 Å². The Labute approximate surface area is 111 Å². The molecule has 0 atom stereocenters. The molecule has 0 aliphatic carbocycles. The van der Waals surface area contributed by atoms with Crippen molar-refractivity contribution in [2.75, 3.05) is 6.61 Å². The van der Waals surface area contributed by atoms with Gasteiger partial charge >= 0.3 is 5.97 Å². The fourth-order valence-corrected chi connectivity index (χ4v) is 2.10. The SMILES string of the molecule is CCOC(=O)c1cnc2c(Br)c(C)c(Cl)nn12. The Hall–Kier alpha value is -1.14. The number of nitrogens with zero attached hydrogens (tertiary/aromatic N) is 3. The molecule has 0 spiro atoms. The summed E-state index contributed by atoms with van der Waals surface area (Å²) in [5, 5.41) is 4.40. The van der Waals surface area contributed by atoms with Crippen molar-refractivity contribution in [3.05, 3.63) is 27.1 Å². The molecule has 0 aromatic carbocycles. The molecule has 0 aliphatic rings. The fraction of sp³-hybridized carbons (Fsp3) is 0.300. The van der Waals surface area contributed by atoms with Crippen LogP contribution in [0.15, 0.2) is 10.7 Å². The number of aromatic nitrogens is 3. The van der Waals surface area contributed by atoms with E-state index in [4.69, 9.17) is 16.3 Å². The lowest BCUT2D eigenvalue weighted by Crippen LogP contribution is -2.10. The Morgan fingerprint density at radius 3 is 3.00 bits per heavy atom. The maximum absolute atomic E-state index is 11.6. The molecular weight excluding hydrogens is 309 g/mol. The summed E-state index contributed by atoms with van der Waals surface area (Å²) in [5.74, 6) is -0.473. The summed E-state index contributed by atoms with van der Waals surface area (Å²) in [7, 11) is 0. The zero-order valence-corrected chi connectivity index (χ0v) is 11.5. The van der Waals surface area contributed by atoms with Crippen LogP contribution in [-0.4, -0.2) is 27.2 Å². The summed E-state index contributed by atoms with van der Waals surface area (Å²) >= 11 is 9.33. The van der Waals surface area contributed by atoms with E-state index in [-0.39, 0.29) is 5.69 Å². The monoisotopic (exact) mass is 317 g/mol. The van der Waals surface area contributed by atoms with Crippen LogP contribution < -0.4 is 0 Å². The number of halogens is 2. The molecule has 2 rings (SSSR count). The number of hydrogen-bond acceptors (Lipinski definition) is 4. The Morgan fingerprint density at radius 2 is 2.35 bits per heavy atom. The summed E-state index contributed by atoms with van der Waals surface area (Å²) in [5.41, 5.74) is 1.57. The van der Waals surface area contributed by atoms with Gasteiger partial charge in [-0.1, -0.05) is 11.6 Å². The molecule has 0 bridgehead atoms. The van der Waals surface area contributed by atoms with Gasteiger partial charge in [0.25, 0.3) is 0 Å². The van der Waals surface area contributed by atoms with Crippen molar-refractivity contribution < 1.29 is 9.53 Å². The second-order valence-electron chi connectivity index (χ2n) is 3.33. The topological polar surface area (TPSA) is 56.5 Å². The first-order chi connectivity index (χ1) is 8.06. The van der Waals surface area contributed by atoms with Gasteiger partial charge in [0.05, 0.1) is 17.3 Å². The van der Waals surface area contributed by atoms with Gasteiger partial charge in [-0.25, -0.2) is 14.3 Å². The molecule has 2 heterocycles. The number of esters is 1. The van der Waals surface area contributed by atoms with E-state index in [1.54, 1.807) is 6.92 Å². The molecule has 17 heavy (non-hydrogen) atoms. The first-order valence-corrected chi connectivity index (χ1v) is 6.09. The lowest BCUT2D eigenvalue weighted by molar-refractivity contribution is 0.0516. The molecule has 2 aromatic heterocycles. The van der Waals surface area contributed by atoms with Crippen LogP contribution in [0.25, 0.3) is 5.65 Å². The van der Waals surface area contributed by atoms with E-state index in [0.717, 1.165) is 5.56 Å². The summed E-state index contributed by atoms with van der Waals surface area (Å²) in [4.78, 5) is 15.8. The van der Waals surface area contributed by atoms with Crippen molar-refractivity contribution in [1.82, 2.24) is 14.6 Å². The van der Waals surface area contributed by atoms with Gasteiger partial charge in [0.2, 0.25) is 0 Å². The van der Waals surface area contributed by atoms with Crippen LogP contribution in [0, 0.1) is 6.92 Å². The van der Waals surface area contributed by atoms with Crippen molar-refractivity contribution in [2.45, 2.75) is 13.8 Å². The van der Waals surface area contributed by atoms with Gasteiger partial charge in [0, 0.05) is 5.56 Å². The van der Waals surface area contributed by atoms with E-state index in [1.165, 1.54) is 10.7 Å². The third-order valence-electron chi connectivity index (χ3n) is 2.25. The normalized spacial score (nSPS) is 10.8. The average Bonchev–Trinajstić information content (AvgIpc) is 2.70. The predicted molar refractivity (Wildman–Crippen MR) is 66.4 cm³/mol. The minimum Gasteiger partial charge on any atom is -0.461 e. The molecule has 0 amide bonds. The van der Waals surface area contributed by atoms with Crippen LogP contribution in [0.5, 0.6) is 0 Å². The first-order valence-electron chi connectivity index (χ1n) is 4.92. The van der Waals surface area contributed by atoms with Crippen molar-refractivity contribution in [3.8, 4) is 0 Å². The number of rotatable bonds is 2. The third-order valence-corrected chi connectivity index (χ3v) is 3.55. The molecule has 0 saturated heterocycles. The molecule has 0 fully saturated rings. The smallest absolute Gasteiger partial charge is 0.358 e. The van der Waals surface area contributed by atoms with E-state index >= 15 is 0 Å². The van der Waals surface area contributed by atoms with Gasteiger partial charge in [-0.3, -0.25) is 0 Å². The highest BCUT2D eigenvalue weighted by atomic mass is 79.9.